The van der Waals surface area contributed by atoms with Crippen molar-refractivity contribution in [3.8, 4) is 11.1 Å². The Balaban J connectivity index is 1.17. The normalized spacial score (nSPS) is 11.9. The van der Waals surface area contributed by atoms with Gasteiger partial charge in [-0.3, -0.25) is 4.79 Å². The summed E-state index contributed by atoms with van der Waals surface area (Å²) in [6, 6.07) is 20.6. The maximum atomic E-state index is 12.2. The summed E-state index contributed by atoms with van der Waals surface area (Å²) in [4.78, 5) is 35.4. The van der Waals surface area contributed by atoms with Crippen LogP contribution in [0.25, 0.3) is 11.1 Å². The molecule has 35 heavy (non-hydrogen) atoms. The number of benzene rings is 3. The van der Waals surface area contributed by atoms with E-state index < -0.39 is 12.1 Å². The van der Waals surface area contributed by atoms with Gasteiger partial charge in [0.15, 0.2) is 0 Å². The molecule has 2 amide bonds. The summed E-state index contributed by atoms with van der Waals surface area (Å²) in [6.45, 7) is 0.591. The van der Waals surface area contributed by atoms with Gasteiger partial charge in [0.2, 0.25) is 5.91 Å². The summed E-state index contributed by atoms with van der Waals surface area (Å²) >= 11 is 7.17. The number of carbonyl (C=O) groups excluding carboxylic acids is 2. The molecule has 0 unspecified atom stereocenters. The molecule has 9 heteroatoms. The van der Waals surface area contributed by atoms with Crippen LogP contribution >= 0.6 is 23.4 Å². The van der Waals surface area contributed by atoms with E-state index in [9.17, 15) is 14.4 Å². The Kier molecular flexibility index (Phi) is 7.94. The topological polar surface area (TPSA) is 105 Å². The second-order valence-corrected chi connectivity index (χ2v) is 9.37. The monoisotopic (exact) mass is 510 g/mol. The van der Waals surface area contributed by atoms with Crippen LogP contribution in [0.5, 0.6) is 0 Å². The predicted molar refractivity (Wildman–Crippen MR) is 137 cm³/mol. The van der Waals surface area contributed by atoms with Crippen molar-refractivity contribution >= 4 is 47.0 Å². The number of hydrogen-bond donors (Lipinski definition) is 3. The molecule has 0 bridgehead atoms. The summed E-state index contributed by atoms with van der Waals surface area (Å²) < 4.78 is 5.49. The summed E-state index contributed by atoms with van der Waals surface area (Å²) in [7, 11) is 0. The molecule has 3 aromatic rings. The van der Waals surface area contributed by atoms with Crippen molar-refractivity contribution in [1.29, 1.82) is 0 Å². The molecule has 3 N–H and O–H groups in total. The van der Waals surface area contributed by atoms with E-state index in [0.29, 0.717) is 18.0 Å². The summed E-state index contributed by atoms with van der Waals surface area (Å²) in [5.74, 6) is -0.786. The maximum absolute atomic E-state index is 12.2. The fourth-order valence-electron chi connectivity index (χ4n) is 4.00. The number of nitrogens with one attached hydrogen (secondary N) is 2. The van der Waals surface area contributed by atoms with Crippen molar-refractivity contribution in [2.75, 3.05) is 30.0 Å². The van der Waals surface area contributed by atoms with E-state index in [4.69, 9.17) is 21.4 Å². The zero-order chi connectivity index (χ0) is 24.8. The number of thioether (sulfide) groups is 1. The van der Waals surface area contributed by atoms with Gasteiger partial charge in [0.25, 0.3) is 0 Å². The van der Waals surface area contributed by atoms with Gasteiger partial charge < -0.3 is 20.5 Å². The zero-order valence-electron chi connectivity index (χ0n) is 18.6. The third kappa shape index (κ3) is 5.96. The number of aromatic carboxylic acids is 1. The maximum Gasteiger partial charge on any atom is 0.407 e. The molecule has 1 aliphatic rings. The minimum Gasteiger partial charge on any atom is -0.478 e. The summed E-state index contributed by atoms with van der Waals surface area (Å²) in [6.07, 6.45) is -0.501. The minimum atomic E-state index is -1.17. The highest BCUT2D eigenvalue weighted by Crippen LogP contribution is 2.44. The highest BCUT2D eigenvalue weighted by Gasteiger charge is 2.28. The van der Waals surface area contributed by atoms with E-state index in [2.05, 4.69) is 34.9 Å². The average molecular weight is 511 g/mol. The van der Waals surface area contributed by atoms with Gasteiger partial charge in [-0.25, -0.2) is 9.59 Å². The highest BCUT2D eigenvalue weighted by molar-refractivity contribution is 7.99. The first-order chi connectivity index (χ1) is 16.9. The second-order valence-electron chi connectivity index (χ2n) is 7.85. The van der Waals surface area contributed by atoms with Gasteiger partial charge in [0.1, 0.15) is 6.61 Å². The Morgan fingerprint density at radius 1 is 0.971 bits per heavy atom. The number of carboxylic acids is 1. The number of ether oxygens (including phenoxy) is 1. The standard InChI is InChI=1S/C26H23ClN2O5S/c27-23-10-9-16(13-21(23)25(31)32)29-24(30)15-35-12-11-28-26(33)34-14-22-19-7-3-1-5-17(19)18-6-2-4-8-20(18)22/h1-10,13,22H,11-12,14-15H2,(H,28,33)(H,29,30)(H,31,32). The van der Waals surface area contributed by atoms with Crippen LogP contribution in [0.3, 0.4) is 0 Å². The van der Waals surface area contributed by atoms with E-state index in [1.807, 2.05) is 24.3 Å². The first kappa shape index (κ1) is 24.6. The first-order valence-corrected chi connectivity index (χ1v) is 12.5. The SMILES string of the molecule is O=C(CSCCNC(=O)OCC1c2ccccc2-c2ccccc21)Nc1ccc(Cl)c(C(=O)O)c1. The predicted octanol–water partition coefficient (Wildman–Crippen LogP) is 5.25. The summed E-state index contributed by atoms with van der Waals surface area (Å²) in [5, 5.41) is 14.6. The fraction of sp³-hybridized carbons (Fsp3) is 0.192. The van der Waals surface area contributed by atoms with Crippen molar-refractivity contribution in [2.45, 2.75) is 5.92 Å². The molecule has 0 fully saturated rings. The lowest BCUT2D eigenvalue weighted by Gasteiger charge is -2.14. The molecule has 4 rings (SSSR count). The highest BCUT2D eigenvalue weighted by atomic mass is 35.5. The molecule has 0 atom stereocenters. The van der Waals surface area contributed by atoms with Crippen molar-refractivity contribution in [3.63, 3.8) is 0 Å². The number of rotatable bonds is 9. The Morgan fingerprint density at radius 2 is 1.63 bits per heavy atom. The lowest BCUT2D eigenvalue weighted by atomic mass is 9.98. The molecular weight excluding hydrogens is 488 g/mol. The molecule has 0 spiro atoms. The molecule has 0 heterocycles. The van der Waals surface area contributed by atoms with E-state index >= 15 is 0 Å². The zero-order valence-corrected chi connectivity index (χ0v) is 20.2. The van der Waals surface area contributed by atoms with Crippen molar-refractivity contribution in [2.24, 2.45) is 0 Å². The van der Waals surface area contributed by atoms with Crippen molar-refractivity contribution < 1.29 is 24.2 Å². The molecule has 1 aliphatic carbocycles. The molecule has 180 valence electrons. The quantitative estimate of drug-likeness (QED) is 0.340. The second kappa shape index (κ2) is 11.3. The average Bonchev–Trinajstić information content (AvgIpc) is 3.17. The van der Waals surface area contributed by atoms with Gasteiger partial charge in [0, 0.05) is 23.9 Å². The number of fused-ring (bicyclic) bond motifs is 3. The van der Waals surface area contributed by atoms with Crippen molar-refractivity contribution in [1.82, 2.24) is 5.32 Å². The lowest BCUT2D eigenvalue weighted by molar-refractivity contribution is -0.113. The molecule has 0 aromatic heterocycles. The first-order valence-electron chi connectivity index (χ1n) is 10.9. The lowest BCUT2D eigenvalue weighted by Crippen LogP contribution is -2.28. The van der Waals surface area contributed by atoms with Gasteiger partial charge in [0.05, 0.1) is 16.3 Å². The number of alkyl carbamates (subject to hydrolysis) is 1. The Labute approximate surface area is 211 Å². The number of carbonyl (C=O) groups is 3. The van der Waals surface area contributed by atoms with Gasteiger partial charge in [-0.1, -0.05) is 60.1 Å². The Hall–Kier alpha value is -3.49. The van der Waals surface area contributed by atoms with E-state index in [1.165, 1.54) is 41.1 Å². The van der Waals surface area contributed by atoms with Gasteiger partial charge in [-0.15, -0.1) is 0 Å². The molecule has 7 nitrogen and oxygen atoms in total. The fourth-order valence-corrected chi connectivity index (χ4v) is 4.85. The van der Waals surface area contributed by atoms with Crippen LogP contribution in [0.15, 0.2) is 66.7 Å². The van der Waals surface area contributed by atoms with Gasteiger partial charge >= 0.3 is 12.1 Å². The van der Waals surface area contributed by atoms with Crippen LogP contribution in [0.2, 0.25) is 5.02 Å². The molecule has 0 saturated carbocycles. The van der Waals surface area contributed by atoms with Crippen LogP contribution in [0.1, 0.15) is 27.4 Å². The number of carboxylic acid groups (broad SMARTS) is 1. The van der Waals surface area contributed by atoms with E-state index in [1.54, 1.807) is 0 Å². The van der Waals surface area contributed by atoms with E-state index in [-0.39, 0.29) is 34.8 Å². The van der Waals surface area contributed by atoms with Crippen LogP contribution < -0.4 is 10.6 Å². The van der Waals surface area contributed by atoms with Crippen LogP contribution in [0.4, 0.5) is 10.5 Å². The molecule has 0 aliphatic heterocycles. The third-order valence-corrected chi connectivity index (χ3v) is 6.86. The number of halogens is 1. The summed E-state index contributed by atoms with van der Waals surface area (Å²) in [5.41, 5.74) is 4.92. The third-order valence-electron chi connectivity index (χ3n) is 5.57. The van der Waals surface area contributed by atoms with Crippen LogP contribution in [-0.4, -0.2) is 47.7 Å². The molecule has 0 radical (unpaired) electrons. The minimum absolute atomic E-state index is 0.000677. The smallest absolute Gasteiger partial charge is 0.407 e. The number of anilines is 1. The Morgan fingerprint density at radius 3 is 2.29 bits per heavy atom. The number of amides is 2. The molecule has 3 aromatic carbocycles. The molecule has 0 saturated heterocycles. The van der Waals surface area contributed by atoms with Crippen molar-refractivity contribution in [3.05, 3.63) is 88.4 Å². The van der Waals surface area contributed by atoms with Crippen LogP contribution in [-0.2, 0) is 9.53 Å². The Bertz CT molecular complexity index is 1220. The van der Waals surface area contributed by atoms with Crippen LogP contribution in [0, 0.1) is 0 Å². The van der Waals surface area contributed by atoms with Gasteiger partial charge in [-0.2, -0.15) is 11.8 Å². The van der Waals surface area contributed by atoms with E-state index in [0.717, 1.165) is 11.1 Å². The largest absolute Gasteiger partial charge is 0.478 e. The van der Waals surface area contributed by atoms with Gasteiger partial charge in [-0.05, 0) is 40.5 Å². The number of hydrogen-bond acceptors (Lipinski definition) is 5. The molecular formula is C26H23ClN2O5S.